The summed E-state index contributed by atoms with van der Waals surface area (Å²) in [4.78, 5) is 0. The molecule has 24 heavy (non-hydrogen) atoms. The third kappa shape index (κ3) is 4.57. The van der Waals surface area contributed by atoms with Gasteiger partial charge in [0.15, 0.2) is 23.0 Å². The van der Waals surface area contributed by atoms with Crippen LogP contribution in [0.4, 0.5) is 0 Å². The molecule has 0 saturated carbocycles. The van der Waals surface area contributed by atoms with Gasteiger partial charge in [0.05, 0.1) is 28.4 Å². The molecule has 0 fully saturated rings. The molecule has 4 heteroatoms. The Morgan fingerprint density at radius 3 is 1.25 bits per heavy atom. The van der Waals surface area contributed by atoms with Gasteiger partial charge >= 0.3 is 0 Å². The van der Waals surface area contributed by atoms with Gasteiger partial charge in [-0.2, -0.15) is 0 Å². The summed E-state index contributed by atoms with van der Waals surface area (Å²) >= 11 is 0. The van der Waals surface area contributed by atoms with Gasteiger partial charge in [0.2, 0.25) is 0 Å². The standard InChI is InChI=1S/C20H26O4/c1-21-17-11-9-15(13-19(17)23-3)7-5-6-8-16-10-12-18(22-2)20(14-16)24-4/h9-14H,5-8H2,1-4H3. The fourth-order valence-electron chi connectivity index (χ4n) is 2.73. The second-order valence-corrected chi connectivity index (χ2v) is 5.59. The number of rotatable bonds is 9. The Kier molecular flexibility index (Phi) is 6.79. The molecule has 0 aromatic heterocycles. The van der Waals surface area contributed by atoms with E-state index in [1.54, 1.807) is 28.4 Å². The molecule has 0 spiro atoms. The van der Waals surface area contributed by atoms with Crippen molar-refractivity contribution in [3.63, 3.8) is 0 Å². The lowest BCUT2D eigenvalue weighted by Gasteiger charge is -2.10. The van der Waals surface area contributed by atoms with Gasteiger partial charge in [-0.3, -0.25) is 0 Å². The van der Waals surface area contributed by atoms with E-state index in [4.69, 9.17) is 18.9 Å². The van der Waals surface area contributed by atoms with Crippen molar-refractivity contribution in [3.05, 3.63) is 47.5 Å². The third-order valence-corrected chi connectivity index (χ3v) is 4.08. The summed E-state index contributed by atoms with van der Waals surface area (Å²) in [5.74, 6) is 3.11. The highest BCUT2D eigenvalue weighted by molar-refractivity contribution is 5.43. The van der Waals surface area contributed by atoms with Crippen LogP contribution in [0, 0.1) is 0 Å². The van der Waals surface area contributed by atoms with Crippen LogP contribution in [0.5, 0.6) is 23.0 Å². The van der Waals surface area contributed by atoms with Crippen LogP contribution in [-0.4, -0.2) is 28.4 Å². The molecule has 0 aliphatic heterocycles. The average Bonchev–Trinajstić information content (AvgIpc) is 2.64. The van der Waals surface area contributed by atoms with Crippen molar-refractivity contribution < 1.29 is 18.9 Å². The third-order valence-electron chi connectivity index (χ3n) is 4.08. The maximum atomic E-state index is 5.35. The Hall–Kier alpha value is -2.36. The summed E-state index contributed by atoms with van der Waals surface area (Å²) in [6.45, 7) is 0. The van der Waals surface area contributed by atoms with Gasteiger partial charge in [0.25, 0.3) is 0 Å². The first-order chi connectivity index (χ1) is 11.7. The lowest BCUT2D eigenvalue weighted by atomic mass is 10.0. The van der Waals surface area contributed by atoms with E-state index in [1.165, 1.54) is 11.1 Å². The number of aryl methyl sites for hydroxylation is 2. The van der Waals surface area contributed by atoms with Crippen LogP contribution in [-0.2, 0) is 12.8 Å². The van der Waals surface area contributed by atoms with Crippen LogP contribution in [0.1, 0.15) is 24.0 Å². The zero-order valence-electron chi connectivity index (χ0n) is 14.9. The van der Waals surface area contributed by atoms with Crippen LogP contribution in [0.3, 0.4) is 0 Å². The summed E-state index contributed by atoms with van der Waals surface area (Å²) in [6.07, 6.45) is 4.27. The molecule has 0 bridgehead atoms. The summed E-state index contributed by atoms with van der Waals surface area (Å²) < 4.78 is 21.2. The average molecular weight is 330 g/mol. The second kappa shape index (κ2) is 9.06. The summed E-state index contributed by atoms with van der Waals surface area (Å²) in [5.41, 5.74) is 2.53. The predicted octanol–water partition coefficient (Wildman–Crippen LogP) is 4.29. The van der Waals surface area contributed by atoms with Gasteiger partial charge in [-0.1, -0.05) is 12.1 Å². The largest absolute Gasteiger partial charge is 0.493 e. The molecule has 0 amide bonds. The highest BCUT2D eigenvalue weighted by Crippen LogP contribution is 2.29. The molecule has 130 valence electrons. The monoisotopic (exact) mass is 330 g/mol. The zero-order valence-corrected chi connectivity index (χ0v) is 14.9. The van der Waals surface area contributed by atoms with Gasteiger partial charge in [-0.05, 0) is 61.1 Å². The Morgan fingerprint density at radius 2 is 0.917 bits per heavy atom. The van der Waals surface area contributed by atoms with Crippen molar-refractivity contribution >= 4 is 0 Å². The molecule has 2 rings (SSSR count). The smallest absolute Gasteiger partial charge is 0.160 e. The van der Waals surface area contributed by atoms with E-state index < -0.39 is 0 Å². The highest BCUT2D eigenvalue weighted by atomic mass is 16.5. The van der Waals surface area contributed by atoms with Crippen molar-refractivity contribution in [2.45, 2.75) is 25.7 Å². The van der Waals surface area contributed by atoms with Gasteiger partial charge in [0, 0.05) is 0 Å². The molecular formula is C20H26O4. The lowest BCUT2D eigenvalue weighted by Crippen LogP contribution is -1.95. The van der Waals surface area contributed by atoms with Crippen molar-refractivity contribution in [1.29, 1.82) is 0 Å². The Morgan fingerprint density at radius 1 is 0.542 bits per heavy atom. The maximum absolute atomic E-state index is 5.35. The summed E-state index contributed by atoms with van der Waals surface area (Å²) in [7, 11) is 6.64. The molecule has 0 N–H and O–H groups in total. The predicted molar refractivity (Wildman–Crippen MR) is 95.7 cm³/mol. The minimum Gasteiger partial charge on any atom is -0.493 e. The van der Waals surface area contributed by atoms with Gasteiger partial charge in [-0.15, -0.1) is 0 Å². The van der Waals surface area contributed by atoms with Gasteiger partial charge in [0.1, 0.15) is 0 Å². The Balaban J connectivity index is 1.87. The van der Waals surface area contributed by atoms with Crippen LogP contribution >= 0.6 is 0 Å². The molecule has 0 atom stereocenters. The number of methoxy groups -OCH3 is 4. The Labute approximate surface area is 144 Å². The molecule has 2 aromatic rings. The number of unbranched alkanes of at least 4 members (excludes halogenated alkanes) is 1. The van der Waals surface area contributed by atoms with E-state index in [-0.39, 0.29) is 0 Å². The number of hydrogen-bond donors (Lipinski definition) is 0. The van der Waals surface area contributed by atoms with Crippen LogP contribution in [0.15, 0.2) is 36.4 Å². The molecule has 0 saturated heterocycles. The van der Waals surface area contributed by atoms with Crippen LogP contribution in [0.25, 0.3) is 0 Å². The molecule has 4 nitrogen and oxygen atoms in total. The van der Waals surface area contributed by atoms with Crippen LogP contribution in [0.2, 0.25) is 0 Å². The minimum atomic E-state index is 0.770. The molecule has 0 aliphatic rings. The zero-order chi connectivity index (χ0) is 17.4. The SMILES string of the molecule is COc1ccc(CCCCc2ccc(OC)c(OC)c2)cc1OC. The molecule has 0 heterocycles. The van der Waals surface area contributed by atoms with Gasteiger partial charge in [-0.25, -0.2) is 0 Å². The number of ether oxygens (including phenoxy) is 4. The van der Waals surface area contributed by atoms with E-state index in [1.807, 2.05) is 12.1 Å². The number of hydrogen-bond acceptors (Lipinski definition) is 4. The highest BCUT2D eigenvalue weighted by Gasteiger charge is 2.06. The van der Waals surface area contributed by atoms with Crippen molar-refractivity contribution in [1.82, 2.24) is 0 Å². The quantitative estimate of drug-likeness (QED) is 0.643. The molecule has 2 aromatic carbocycles. The molecule has 0 unspecified atom stereocenters. The maximum Gasteiger partial charge on any atom is 0.160 e. The van der Waals surface area contributed by atoms with Crippen LogP contribution < -0.4 is 18.9 Å². The fourth-order valence-corrected chi connectivity index (χ4v) is 2.73. The van der Waals surface area contributed by atoms with E-state index in [0.29, 0.717) is 0 Å². The Bertz CT molecular complexity index is 595. The topological polar surface area (TPSA) is 36.9 Å². The first kappa shape index (κ1) is 18.0. The van der Waals surface area contributed by atoms with Crippen molar-refractivity contribution in [2.24, 2.45) is 0 Å². The van der Waals surface area contributed by atoms with E-state index in [0.717, 1.165) is 48.7 Å². The second-order valence-electron chi connectivity index (χ2n) is 5.59. The lowest BCUT2D eigenvalue weighted by molar-refractivity contribution is 0.354. The van der Waals surface area contributed by atoms with Gasteiger partial charge < -0.3 is 18.9 Å². The molecular weight excluding hydrogens is 304 g/mol. The fraction of sp³-hybridized carbons (Fsp3) is 0.400. The van der Waals surface area contributed by atoms with E-state index in [2.05, 4.69) is 24.3 Å². The molecule has 0 radical (unpaired) electrons. The van der Waals surface area contributed by atoms with Crippen molar-refractivity contribution in [2.75, 3.05) is 28.4 Å². The summed E-state index contributed by atoms with van der Waals surface area (Å²) in [6, 6.07) is 12.2. The first-order valence-electron chi connectivity index (χ1n) is 8.13. The normalized spacial score (nSPS) is 10.3. The first-order valence-corrected chi connectivity index (χ1v) is 8.13. The number of benzene rings is 2. The van der Waals surface area contributed by atoms with Crippen molar-refractivity contribution in [3.8, 4) is 23.0 Å². The van der Waals surface area contributed by atoms with E-state index in [9.17, 15) is 0 Å². The molecule has 0 aliphatic carbocycles. The van der Waals surface area contributed by atoms with E-state index >= 15 is 0 Å². The minimum absolute atomic E-state index is 0.770. The summed E-state index contributed by atoms with van der Waals surface area (Å²) in [5, 5.41) is 0.